The van der Waals surface area contributed by atoms with E-state index >= 15 is 0 Å². The van der Waals surface area contributed by atoms with Crippen LogP contribution in [0.3, 0.4) is 0 Å². The second-order valence-electron chi connectivity index (χ2n) is 10.6. The molecule has 3 aromatic heterocycles. The van der Waals surface area contributed by atoms with Crippen molar-refractivity contribution < 1.29 is 8.78 Å². The normalized spacial score (nSPS) is 10.4. The van der Waals surface area contributed by atoms with Gasteiger partial charge in [-0.25, -0.2) is 23.7 Å². The number of imidazole rings is 3. The third-order valence-corrected chi connectivity index (χ3v) is 8.04. The van der Waals surface area contributed by atoms with Crippen LogP contribution in [0, 0.1) is 11.6 Å². The average Bonchev–Trinajstić information content (AvgIpc) is 3.86. The van der Waals surface area contributed by atoms with Gasteiger partial charge in [0.15, 0.2) is 11.6 Å². The summed E-state index contributed by atoms with van der Waals surface area (Å²) in [4.78, 5) is 26.8. The molecule has 0 saturated heterocycles. The van der Waals surface area contributed by atoms with E-state index < -0.39 is 11.6 Å². The van der Waals surface area contributed by atoms with E-state index in [0.29, 0.717) is 32.3 Å². The lowest BCUT2D eigenvalue weighted by atomic mass is 10.2. The Morgan fingerprint density at radius 2 is 0.958 bits per heavy atom. The van der Waals surface area contributed by atoms with E-state index in [-0.39, 0.29) is 0 Å². The lowest BCUT2D eigenvalue weighted by molar-refractivity contribution is 0.508. The first-order valence-corrected chi connectivity index (χ1v) is 15.9. The summed E-state index contributed by atoms with van der Waals surface area (Å²) in [5.74, 6) is -1.67. The van der Waals surface area contributed by atoms with Crippen molar-refractivity contribution in [2.45, 2.75) is 19.6 Å². The Bertz CT molecular complexity index is 1730. The minimum Gasteiger partial charge on any atom is -0.369 e. The lowest BCUT2D eigenvalue weighted by Crippen LogP contribution is -2.16. The molecule has 9 nitrogen and oxygen atoms in total. The van der Waals surface area contributed by atoms with Gasteiger partial charge < -0.3 is 29.7 Å². The first-order valence-electron chi connectivity index (χ1n) is 14.4. The molecule has 252 valence electrons. The predicted molar refractivity (Wildman–Crippen MR) is 191 cm³/mol. The molecule has 3 heterocycles. The van der Waals surface area contributed by atoms with Gasteiger partial charge in [0.2, 0.25) is 0 Å². The number of halogens is 6. The van der Waals surface area contributed by atoms with Crippen molar-refractivity contribution in [1.82, 2.24) is 29.9 Å². The molecule has 48 heavy (non-hydrogen) atoms. The van der Waals surface area contributed by atoms with Gasteiger partial charge >= 0.3 is 0 Å². The van der Waals surface area contributed by atoms with Crippen LogP contribution in [0.5, 0.6) is 0 Å². The highest BCUT2D eigenvalue weighted by Gasteiger charge is 2.08. The van der Waals surface area contributed by atoms with E-state index in [9.17, 15) is 8.78 Å². The fourth-order valence-corrected chi connectivity index (χ4v) is 5.17. The van der Waals surface area contributed by atoms with Gasteiger partial charge in [-0.2, -0.15) is 0 Å². The molecule has 0 spiro atoms. The van der Waals surface area contributed by atoms with E-state index in [2.05, 4.69) is 34.8 Å². The Labute approximate surface area is 297 Å². The Hall–Kier alpha value is -4.29. The Balaban J connectivity index is 0.000000163. The van der Waals surface area contributed by atoms with Gasteiger partial charge in [0.1, 0.15) is 0 Å². The fourth-order valence-electron chi connectivity index (χ4n) is 4.36. The molecule has 0 amide bonds. The number of H-pyrrole nitrogens is 3. The number of nitrogens with zero attached hydrogens (tertiary/aromatic N) is 6. The van der Waals surface area contributed by atoms with E-state index in [4.69, 9.17) is 46.4 Å². The van der Waals surface area contributed by atoms with Crippen LogP contribution in [-0.2, 0) is 19.6 Å². The van der Waals surface area contributed by atoms with E-state index in [0.717, 1.165) is 47.6 Å². The molecule has 3 N–H and O–H groups in total. The molecule has 3 aromatic carbocycles. The molecule has 0 unspecified atom stereocenters. The maximum atomic E-state index is 13.0. The van der Waals surface area contributed by atoms with Crippen LogP contribution < -0.4 is 14.7 Å². The molecule has 6 aromatic rings. The van der Waals surface area contributed by atoms with Crippen molar-refractivity contribution in [2.24, 2.45) is 0 Å². The van der Waals surface area contributed by atoms with Crippen LogP contribution in [0.25, 0.3) is 0 Å². The van der Waals surface area contributed by atoms with Crippen molar-refractivity contribution in [3.05, 3.63) is 141 Å². The van der Waals surface area contributed by atoms with Crippen LogP contribution in [0.15, 0.2) is 92.2 Å². The zero-order valence-electron chi connectivity index (χ0n) is 26.2. The monoisotopic (exact) mass is 733 g/mol. The first-order chi connectivity index (χ1) is 23.0. The molecule has 0 aliphatic heterocycles. The minimum absolute atomic E-state index is 0.561. The van der Waals surface area contributed by atoms with Crippen LogP contribution >= 0.6 is 46.4 Å². The first kappa shape index (κ1) is 36.5. The third-order valence-electron chi connectivity index (χ3n) is 6.86. The second kappa shape index (κ2) is 17.7. The van der Waals surface area contributed by atoms with Crippen LogP contribution in [-0.4, -0.2) is 51.0 Å². The minimum atomic E-state index is -0.839. The largest absolute Gasteiger partial charge is 0.369 e. The van der Waals surface area contributed by atoms with Crippen LogP contribution in [0.2, 0.25) is 20.1 Å². The SMILES string of the molecule is CN(Cc1cnc[nH]1)c1cc(Cl)cc(Cl)c1.CN(Cc1cnc[nH]1)c1ccc(Cl)c(Cl)c1.CN(Cc1cnc[nH]1)c1ccc(F)c(F)c1. The lowest BCUT2D eigenvalue weighted by Gasteiger charge is -2.18. The molecular formula is C33H33Cl4F2N9. The Morgan fingerprint density at radius 3 is 1.38 bits per heavy atom. The maximum absolute atomic E-state index is 13.0. The molecule has 0 aliphatic rings. The maximum Gasteiger partial charge on any atom is 0.160 e. The van der Waals surface area contributed by atoms with Crippen molar-refractivity contribution >= 4 is 63.5 Å². The summed E-state index contributed by atoms with van der Waals surface area (Å²) in [5, 5.41) is 2.41. The van der Waals surface area contributed by atoms with Gasteiger partial charge in [-0.15, -0.1) is 0 Å². The summed E-state index contributed by atoms with van der Waals surface area (Å²) in [6.07, 6.45) is 10.2. The van der Waals surface area contributed by atoms with E-state index in [1.54, 1.807) is 61.7 Å². The van der Waals surface area contributed by atoms with E-state index in [1.807, 2.05) is 43.3 Å². The van der Waals surface area contributed by atoms with Crippen molar-refractivity contribution in [3.8, 4) is 0 Å². The number of rotatable bonds is 9. The summed E-state index contributed by atoms with van der Waals surface area (Å²) >= 11 is 23.7. The number of anilines is 3. The van der Waals surface area contributed by atoms with Gasteiger partial charge in [-0.1, -0.05) is 46.4 Å². The molecule has 0 fully saturated rings. The quantitative estimate of drug-likeness (QED) is 0.137. The zero-order chi connectivity index (χ0) is 34.6. The van der Waals surface area contributed by atoms with Crippen molar-refractivity contribution in [2.75, 3.05) is 35.8 Å². The third kappa shape index (κ3) is 11.2. The Kier molecular flexibility index (Phi) is 13.5. The standard InChI is InChI=1S/2C11H11Cl2N3.C11H11F2N3/c1-16(6-10-5-14-7-15-10)11-3-8(12)2-9(13)4-11;2*1-16(6-8-5-14-7-15-8)9-2-3-10(12)11(13)4-9/h3*2-5,7H,6H2,1H3,(H,14,15). The van der Waals surface area contributed by atoms with Gasteiger partial charge in [0.25, 0.3) is 0 Å². The molecular weight excluding hydrogens is 702 g/mol. The summed E-state index contributed by atoms with van der Waals surface area (Å²) in [7, 11) is 5.76. The topological polar surface area (TPSA) is 95.8 Å². The highest BCUT2D eigenvalue weighted by atomic mass is 35.5. The molecule has 15 heteroatoms. The summed E-state index contributed by atoms with van der Waals surface area (Å²) in [5.41, 5.74) is 5.61. The summed E-state index contributed by atoms with van der Waals surface area (Å²) in [6.45, 7) is 2.04. The van der Waals surface area contributed by atoms with Crippen molar-refractivity contribution in [3.63, 3.8) is 0 Å². The molecule has 6 rings (SSSR count). The van der Waals surface area contributed by atoms with Gasteiger partial charge in [0.05, 0.1) is 65.7 Å². The number of benzene rings is 3. The number of nitrogens with one attached hydrogen (secondary N) is 3. The summed E-state index contributed by atoms with van der Waals surface area (Å²) < 4.78 is 25.7. The smallest absolute Gasteiger partial charge is 0.160 e. The van der Waals surface area contributed by atoms with Gasteiger partial charge in [-0.05, 0) is 48.5 Å². The van der Waals surface area contributed by atoms with Gasteiger partial charge in [-0.3, -0.25) is 0 Å². The highest BCUT2D eigenvalue weighted by molar-refractivity contribution is 6.42. The van der Waals surface area contributed by atoms with Gasteiger partial charge in [0, 0.05) is 72.9 Å². The van der Waals surface area contributed by atoms with Crippen LogP contribution in [0.4, 0.5) is 25.8 Å². The molecule has 0 saturated carbocycles. The van der Waals surface area contributed by atoms with Crippen LogP contribution in [0.1, 0.15) is 17.1 Å². The zero-order valence-corrected chi connectivity index (χ0v) is 29.3. The summed E-state index contributed by atoms with van der Waals surface area (Å²) in [6, 6.07) is 14.9. The van der Waals surface area contributed by atoms with Crippen molar-refractivity contribution in [1.29, 1.82) is 0 Å². The van der Waals surface area contributed by atoms with E-state index in [1.165, 1.54) is 12.1 Å². The number of aromatic amines is 3. The second-order valence-corrected chi connectivity index (χ2v) is 12.3. The Morgan fingerprint density at radius 1 is 0.521 bits per heavy atom. The highest BCUT2D eigenvalue weighted by Crippen LogP contribution is 2.27. The molecule has 0 atom stereocenters. The molecule has 0 bridgehead atoms. The number of hydrogen-bond acceptors (Lipinski definition) is 6. The number of hydrogen-bond donors (Lipinski definition) is 3. The molecule has 0 aliphatic carbocycles. The number of aromatic nitrogens is 6. The fraction of sp³-hybridized carbons (Fsp3) is 0.182. The molecule has 0 radical (unpaired) electrons. The average molecular weight is 735 g/mol. The predicted octanol–water partition coefficient (Wildman–Crippen LogP) is 9.03.